The molecule has 4 nitrogen and oxygen atoms in total. The first-order chi connectivity index (χ1) is 9.29. The van der Waals surface area contributed by atoms with Crippen molar-refractivity contribution in [1.82, 2.24) is 15.2 Å². The van der Waals surface area contributed by atoms with Gasteiger partial charge in [-0.3, -0.25) is 10.1 Å². The summed E-state index contributed by atoms with van der Waals surface area (Å²) in [5.74, 6) is 0.521. The van der Waals surface area contributed by atoms with Crippen molar-refractivity contribution >= 4 is 17.2 Å². The molecule has 3 aromatic rings. The van der Waals surface area contributed by atoms with Crippen LogP contribution >= 0.6 is 11.3 Å². The van der Waals surface area contributed by atoms with Gasteiger partial charge < -0.3 is 5.73 Å². The monoisotopic (exact) mass is 270 g/mol. The van der Waals surface area contributed by atoms with E-state index in [0.29, 0.717) is 5.82 Å². The van der Waals surface area contributed by atoms with Crippen molar-refractivity contribution in [3.05, 3.63) is 41.5 Å². The van der Waals surface area contributed by atoms with Crippen LogP contribution in [0.5, 0.6) is 0 Å². The molecule has 0 aliphatic rings. The van der Waals surface area contributed by atoms with Crippen LogP contribution in [0.3, 0.4) is 0 Å². The zero-order chi connectivity index (χ0) is 13.2. The number of aromatic nitrogens is 3. The molecule has 0 spiro atoms. The standard InChI is InChI=1S/C14H14N4S/c1-2-10-3-4-11(19-10)13-12(14(15)18-17-13)9-5-7-16-8-6-9/h3-8H,2H2,1H3,(H3,15,17,18). The highest BCUT2D eigenvalue weighted by Gasteiger charge is 2.15. The van der Waals surface area contributed by atoms with Crippen LogP contribution in [0, 0.1) is 0 Å². The van der Waals surface area contributed by atoms with E-state index in [4.69, 9.17) is 5.73 Å². The van der Waals surface area contributed by atoms with Crippen LogP contribution in [0.25, 0.3) is 21.7 Å². The number of pyridine rings is 1. The zero-order valence-corrected chi connectivity index (χ0v) is 11.4. The molecule has 0 aliphatic heterocycles. The minimum Gasteiger partial charge on any atom is -0.382 e. The average Bonchev–Trinajstić information content (AvgIpc) is 3.05. The topological polar surface area (TPSA) is 67.6 Å². The maximum atomic E-state index is 5.99. The number of H-pyrrole nitrogens is 1. The summed E-state index contributed by atoms with van der Waals surface area (Å²) in [4.78, 5) is 6.55. The third-order valence-electron chi connectivity index (χ3n) is 3.02. The molecule has 0 saturated heterocycles. The number of rotatable bonds is 3. The number of aryl methyl sites for hydroxylation is 1. The normalized spacial score (nSPS) is 10.8. The summed E-state index contributed by atoms with van der Waals surface area (Å²) >= 11 is 1.77. The van der Waals surface area contributed by atoms with E-state index in [1.807, 2.05) is 12.1 Å². The second-order valence-electron chi connectivity index (χ2n) is 4.21. The van der Waals surface area contributed by atoms with Crippen LogP contribution in [0.2, 0.25) is 0 Å². The number of nitrogen functional groups attached to an aromatic ring is 1. The number of anilines is 1. The minimum absolute atomic E-state index is 0.521. The molecule has 3 aromatic heterocycles. The van der Waals surface area contributed by atoms with Crippen molar-refractivity contribution in [1.29, 1.82) is 0 Å². The lowest BCUT2D eigenvalue weighted by Crippen LogP contribution is -1.88. The Balaban J connectivity index is 2.13. The van der Waals surface area contributed by atoms with Gasteiger partial charge in [-0.2, -0.15) is 5.10 Å². The fourth-order valence-electron chi connectivity index (χ4n) is 2.05. The molecule has 3 rings (SSSR count). The lowest BCUT2D eigenvalue weighted by molar-refractivity contribution is 1.11. The minimum atomic E-state index is 0.521. The Morgan fingerprint density at radius 3 is 2.68 bits per heavy atom. The van der Waals surface area contributed by atoms with Gasteiger partial charge in [0.1, 0.15) is 0 Å². The number of nitrogens with zero attached hydrogens (tertiary/aromatic N) is 2. The highest BCUT2D eigenvalue weighted by molar-refractivity contribution is 7.15. The quantitative estimate of drug-likeness (QED) is 0.767. The van der Waals surface area contributed by atoms with Crippen molar-refractivity contribution in [2.45, 2.75) is 13.3 Å². The molecule has 0 aromatic carbocycles. The number of hydrogen-bond acceptors (Lipinski definition) is 4. The first-order valence-corrected chi connectivity index (χ1v) is 6.94. The first-order valence-electron chi connectivity index (χ1n) is 6.13. The zero-order valence-electron chi connectivity index (χ0n) is 10.6. The molecule has 0 bridgehead atoms. The number of thiophene rings is 1. The van der Waals surface area contributed by atoms with E-state index in [1.165, 1.54) is 4.88 Å². The molecule has 19 heavy (non-hydrogen) atoms. The largest absolute Gasteiger partial charge is 0.382 e. The van der Waals surface area contributed by atoms with E-state index in [-0.39, 0.29) is 0 Å². The molecule has 0 saturated carbocycles. The third-order valence-corrected chi connectivity index (χ3v) is 4.27. The molecule has 0 unspecified atom stereocenters. The number of hydrogen-bond donors (Lipinski definition) is 2. The van der Waals surface area contributed by atoms with Crippen LogP contribution < -0.4 is 5.73 Å². The van der Waals surface area contributed by atoms with E-state index >= 15 is 0 Å². The second kappa shape index (κ2) is 4.85. The van der Waals surface area contributed by atoms with Crippen LogP contribution in [0.1, 0.15) is 11.8 Å². The molecular formula is C14H14N4S. The molecule has 0 radical (unpaired) electrons. The maximum Gasteiger partial charge on any atom is 0.153 e. The van der Waals surface area contributed by atoms with Crippen LogP contribution in [0.4, 0.5) is 5.82 Å². The number of nitrogens with one attached hydrogen (secondary N) is 1. The van der Waals surface area contributed by atoms with Gasteiger partial charge in [-0.25, -0.2) is 0 Å². The predicted octanol–water partition coefficient (Wildman–Crippen LogP) is 3.34. The van der Waals surface area contributed by atoms with Gasteiger partial charge in [-0.15, -0.1) is 11.3 Å². The van der Waals surface area contributed by atoms with Crippen LogP contribution in [-0.2, 0) is 6.42 Å². The summed E-state index contributed by atoms with van der Waals surface area (Å²) in [5, 5.41) is 7.18. The SMILES string of the molecule is CCc1ccc(-c2[nH]nc(N)c2-c2ccncc2)s1. The van der Waals surface area contributed by atoms with E-state index < -0.39 is 0 Å². The molecule has 0 fully saturated rings. The van der Waals surface area contributed by atoms with Gasteiger partial charge in [0.25, 0.3) is 0 Å². The summed E-state index contributed by atoms with van der Waals surface area (Å²) < 4.78 is 0. The summed E-state index contributed by atoms with van der Waals surface area (Å²) in [6.07, 6.45) is 4.56. The summed E-state index contributed by atoms with van der Waals surface area (Å²) in [7, 11) is 0. The first kappa shape index (κ1) is 11.9. The summed E-state index contributed by atoms with van der Waals surface area (Å²) in [6.45, 7) is 2.15. The average molecular weight is 270 g/mol. The molecule has 3 N–H and O–H groups in total. The van der Waals surface area contributed by atoms with Crippen molar-refractivity contribution < 1.29 is 0 Å². The van der Waals surface area contributed by atoms with Gasteiger partial charge in [0, 0.05) is 17.3 Å². The van der Waals surface area contributed by atoms with Crippen LogP contribution in [0.15, 0.2) is 36.7 Å². The number of aromatic amines is 1. The van der Waals surface area contributed by atoms with Crippen molar-refractivity contribution in [3.8, 4) is 21.7 Å². The van der Waals surface area contributed by atoms with Gasteiger partial charge >= 0.3 is 0 Å². The Bertz CT molecular complexity index is 685. The Morgan fingerprint density at radius 1 is 1.21 bits per heavy atom. The molecule has 96 valence electrons. The lowest BCUT2D eigenvalue weighted by Gasteiger charge is -2.02. The maximum absolute atomic E-state index is 5.99. The summed E-state index contributed by atoms with van der Waals surface area (Å²) in [6, 6.07) is 8.15. The molecule has 0 aliphatic carbocycles. The molecule has 3 heterocycles. The lowest BCUT2D eigenvalue weighted by atomic mass is 10.1. The van der Waals surface area contributed by atoms with Crippen LogP contribution in [-0.4, -0.2) is 15.2 Å². The van der Waals surface area contributed by atoms with Crippen molar-refractivity contribution in [2.75, 3.05) is 5.73 Å². The van der Waals surface area contributed by atoms with Gasteiger partial charge in [-0.1, -0.05) is 6.92 Å². The van der Waals surface area contributed by atoms with Gasteiger partial charge in [0.2, 0.25) is 0 Å². The predicted molar refractivity (Wildman–Crippen MR) is 78.9 cm³/mol. The fourth-order valence-corrected chi connectivity index (χ4v) is 3.00. The van der Waals surface area contributed by atoms with E-state index in [0.717, 1.165) is 28.1 Å². The van der Waals surface area contributed by atoms with Gasteiger partial charge in [0.15, 0.2) is 5.82 Å². The number of nitrogens with two attached hydrogens (primary N) is 1. The third kappa shape index (κ3) is 2.13. The molecule has 0 atom stereocenters. The van der Waals surface area contributed by atoms with Crippen molar-refractivity contribution in [2.24, 2.45) is 0 Å². The fraction of sp³-hybridized carbons (Fsp3) is 0.143. The van der Waals surface area contributed by atoms with E-state index in [1.54, 1.807) is 23.7 Å². The molecule has 0 amide bonds. The molecular weight excluding hydrogens is 256 g/mol. The Kier molecular flexibility index (Phi) is 3.05. The second-order valence-corrected chi connectivity index (χ2v) is 5.38. The smallest absolute Gasteiger partial charge is 0.153 e. The highest BCUT2D eigenvalue weighted by Crippen LogP contribution is 2.37. The highest BCUT2D eigenvalue weighted by atomic mass is 32.1. The Labute approximate surface area is 115 Å². The van der Waals surface area contributed by atoms with E-state index in [9.17, 15) is 0 Å². The molecule has 5 heteroatoms. The Morgan fingerprint density at radius 2 is 2.00 bits per heavy atom. The van der Waals surface area contributed by atoms with Gasteiger partial charge in [-0.05, 0) is 36.2 Å². The van der Waals surface area contributed by atoms with Gasteiger partial charge in [0.05, 0.1) is 16.1 Å². The summed E-state index contributed by atoms with van der Waals surface area (Å²) in [5.41, 5.74) is 8.95. The van der Waals surface area contributed by atoms with E-state index in [2.05, 4.69) is 34.2 Å². The van der Waals surface area contributed by atoms with Crippen molar-refractivity contribution in [3.63, 3.8) is 0 Å². The Hall–Kier alpha value is -2.14.